The maximum absolute atomic E-state index is 13.0. The topological polar surface area (TPSA) is 333 Å². The first kappa shape index (κ1) is 42.6. The normalized spacial score (nSPS) is 12.7. The van der Waals surface area contributed by atoms with Gasteiger partial charge in [0.25, 0.3) is 0 Å². The first-order chi connectivity index (χ1) is 25.2. The summed E-state index contributed by atoms with van der Waals surface area (Å²) in [5, 5.41) is 23.1. The monoisotopic (exact) mass is 741 g/mol. The van der Waals surface area contributed by atoms with Crippen molar-refractivity contribution in [2.45, 2.75) is 56.5 Å². The number of carbonyl (C=O) groups excluding carboxylic acids is 9. The Morgan fingerprint density at radius 3 is 1.74 bits per heavy atom. The van der Waals surface area contributed by atoms with E-state index >= 15 is 0 Å². The highest BCUT2D eigenvalue weighted by molar-refractivity contribution is 5.97. The molecule has 0 heterocycles. The van der Waals surface area contributed by atoms with Crippen LogP contribution in [-0.2, 0) is 56.1 Å². The summed E-state index contributed by atoms with van der Waals surface area (Å²) < 4.78 is 5.08. The Morgan fingerprint density at radius 1 is 0.604 bits per heavy atom. The fourth-order valence-corrected chi connectivity index (χ4v) is 4.46. The molecule has 286 valence electrons. The minimum atomic E-state index is -1.67. The molecule has 0 aromatic heterocycles. The third kappa shape index (κ3) is 16.8. The van der Waals surface area contributed by atoms with Crippen LogP contribution in [0.3, 0.4) is 0 Å². The standard InChI is InChI=1S/C33H43N9O11/c34-25(44)12-11-21(42-33(52)53-18-20-9-5-2-6-10-20)30(49)38-15-27(46)37-16-28(47)39-24(17-43)32(51)41-23(14-26(35)45)31(50)40-22(29(36)48)13-19-7-3-1-4-8-19/h1-10,21-24,43H,11-18H2,(H2,34,44)(H2,35,45)(H2,36,48)(H,37,46)(H,38,49)(H,39,47)(H,40,50)(H,41,51)(H,42,52). The van der Waals surface area contributed by atoms with Crippen molar-refractivity contribution in [2.75, 3.05) is 19.7 Å². The molecule has 0 spiro atoms. The molecule has 20 heteroatoms. The maximum Gasteiger partial charge on any atom is 0.408 e. The predicted molar refractivity (Wildman–Crippen MR) is 184 cm³/mol. The van der Waals surface area contributed by atoms with Gasteiger partial charge in [0.15, 0.2) is 0 Å². The van der Waals surface area contributed by atoms with Crippen molar-refractivity contribution in [1.29, 1.82) is 0 Å². The third-order valence-electron chi connectivity index (χ3n) is 7.19. The van der Waals surface area contributed by atoms with Crippen molar-refractivity contribution in [3.63, 3.8) is 0 Å². The number of hydrogen-bond acceptors (Lipinski definition) is 11. The van der Waals surface area contributed by atoms with Gasteiger partial charge in [-0.05, 0) is 17.5 Å². The number of amides is 9. The summed E-state index contributed by atoms with van der Waals surface area (Å²) in [6.07, 6.45) is -2.17. The molecule has 0 aliphatic carbocycles. The van der Waals surface area contributed by atoms with Gasteiger partial charge in [0.2, 0.25) is 47.3 Å². The van der Waals surface area contributed by atoms with Crippen LogP contribution in [0.4, 0.5) is 4.79 Å². The molecule has 2 rings (SSSR count). The fraction of sp³-hybridized carbons (Fsp3) is 0.364. The van der Waals surface area contributed by atoms with Gasteiger partial charge in [-0.3, -0.25) is 38.4 Å². The van der Waals surface area contributed by atoms with Gasteiger partial charge in [0.1, 0.15) is 30.8 Å². The molecular weight excluding hydrogens is 698 g/mol. The number of alkyl carbamates (subject to hydrolysis) is 1. The number of ether oxygens (including phenoxy) is 1. The number of rotatable bonds is 22. The van der Waals surface area contributed by atoms with Crippen LogP contribution in [0.5, 0.6) is 0 Å². The number of hydrogen-bond donors (Lipinski definition) is 10. The zero-order valence-corrected chi connectivity index (χ0v) is 28.5. The van der Waals surface area contributed by atoms with Gasteiger partial charge < -0.3 is 58.9 Å². The van der Waals surface area contributed by atoms with Gasteiger partial charge in [-0.1, -0.05) is 60.7 Å². The summed E-state index contributed by atoms with van der Waals surface area (Å²) in [6.45, 7) is -2.49. The van der Waals surface area contributed by atoms with Gasteiger partial charge >= 0.3 is 6.09 Å². The number of benzene rings is 2. The zero-order valence-electron chi connectivity index (χ0n) is 28.5. The van der Waals surface area contributed by atoms with Gasteiger partial charge in [0.05, 0.1) is 26.1 Å². The van der Waals surface area contributed by atoms with E-state index in [0.717, 1.165) is 0 Å². The lowest BCUT2D eigenvalue weighted by Gasteiger charge is -2.23. The van der Waals surface area contributed by atoms with Crippen molar-refractivity contribution in [1.82, 2.24) is 31.9 Å². The van der Waals surface area contributed by atoms with Crippen LogP contribution >= 0.6 is 0 Å². The van der Waals surface area contributed by atoms with Crippen LogP contribution in [0.15, 0.2) is 60.7 Å². The minimum absolute atomic E-state index is 0.000461. The van der Waals surface area contributed by atoms with Crippen LogP contribution in [0, 0.1) is 0 Å². The molecule has 0 aliphatic heterocycles. The van der Waals surface area contributed by atoms with Crippen molar-refractivity contribution >= 4 is 53.4 Å². The highest BCUT2D eigenvalue weighted by Crippen LogP contribution is 2.05. The highest BCUT2D eigenvalue weighted by Gasteiger charge is 2.30. The van der Waals surface area contributed by atoms with Crippen molar-refractivity contribution in [3.05, 3.63) is 71.8 Å². The van der Waals surface area contributed by atoms with Crippen LogP contribution in [0.2, 0.25) is 0 Å². The highest BCUT2D eigenvalue weighted by atomic mass is 16.5. The SMILES string of the molecule is NC(=O)CCC(NC(=O)OCc1ccccc1)C(=O)NCC(=O)NCC(=O)NC(CO)C(=O)NC(CC(N)=O)C(=O)NC(Cc1ccccc1)C(N)=O. The molecule has 20 nitrogen and oxygen atoms in total. The molecule has 2 aromatic carbocycles. The molecule has 0 fully saturated rings. The summed E-state index contributed by atoms with van der Waals surface area (Å²) in [6, 6.07) is 11.4. The molecule has 0 bridgehead atoms. The van der Waals surface area contributed by atoms with Gasteiger partial charge in [-0.25, -0.2) is 4.79 Å². The van der Waals surface area contributed by atoms with E-state index in [4.69, 9.17) is 21.9 Å². The van der Waals surface area contributed by atoms with Gasteiger partial charge in [-0.2, -0.15) is 0 Å². The Balaban J connectivity index is 1.89. The number of aliphatic hydroxyl groups excluding tert-OH is 1. The predicted octanol–water partition coefficient (Wildman–Crippen LogP) is -4.17. The molecule has 0 saturated carbocycles. The summed E-state index contributed by atoms with van der Waals surface area (Å²) in [5.41, 5.74) is 17.1. The second-order valence-corrected chi connectivity index (χ2v) is 11.4. The van der Waals surface area contributed by atoms with Crippen molar-refractivity contribution in [3.8, 4) is 0 Å². The zero-order chi connectivity index (χ0) is 39.3. The van der Waals surface area contributed by atoms with E-state index in [-0.39, 0.29) is 25.9 Å². The Kier molecular flexibility index (Phi) is 17.9. The average molecular weight is 742 g/mol. The van der Waals surface area contributed by atoms with E-state index in [1.165, 1.54) is 0 Å². The lowest BCUT2D eigenvalue weighted by Crippen LogP contribution is -2.58. The number of aliphatic hydroxyl groups is 1. The first-order valence-corrected chi connectivity index (χ1v) is 16.1. The number of carbonyl (C=O) groups is 9. The molecule has 0 saturated heterocycles. The quantitative estimate of drug-likeness (QED) is 0.0552. The second kappa shape index (κ2) is 22.3. The summed E-state index contributed by atoms with van der Waals surface area (Å²) >= 11 is 0. The minimum Gasteiger partial charge on any atom is -0.445 e. The number of nitrogens with one attached hydrogen (secondary N) is 6. The number of primary amides is 3. The molecule has 53 heavy (non-hydrogen) atoms. The summed E-state index contributed by atoms with van der Waals surface area (Å²) in [7, 11) is 0. The van der Waals surface area contributed by atoms with E-state index in [1.807, 2.05) is 0 Å². The molecule has 0 radical (unpaired) electrons. The first-order valence-electron chi connectivity index (χ1n) is 16.1. The van der Waals surface area contributed by atoms with Crippen LogP contribution < -0.4 is 49.1 Å². The van der Waals surface area contributed by atoms with E-state index in [0.29, 0.717) is 11.1 Å². The van der Waals surface area contributed by atoms with Gasteiger partial charge in [-0.15, -0.1) is 0 Å². The smallest absolute Gasteiger partial charge is 0.408 e. The Bertz CT molecular complexity index is 1610. The Morgan fingerprint density at radius 2 is 1.17 bits per heavy atom. The molecule has 13 N–H and O–H groups in total. The largest absolute Gasteiger partial charge is 0.445 e. The second-order valence-electron chi connectivity index (χ2n) is 11.4. The van der Waals surface area contributed by atoms with E-state index in [2.05, 4.69) is 31.9 Å². The Hall–Kier alpha value is -6.57. The van der Waals surface area contributed by atoms with Gasteiger partial charge in [0, 0.05) is 12.8 Å². The molecule has 0 aliphatic rings. The van der Waals surface area contributed by atoms with E-state index < -0.39 is 104 Å². The molecule has 4 unspecified atom stereocenters. The summed E-state index contributed by atoms with van der Waals surface area (Å²) in [4.78, 5) is 111. The molecule has 4 atom stereocenters. The Labute approximate surface area is 303 Å². The number of nitrogens with two attached hydrogens (primary N) is 3. The average Bonchev–Trinajstić information content (AvgIpc) is 3.12. The summed E-state index contributed by atoms with van der Waals surface area (Å²) in [5.74, 6) is -7.47. The van der Waals surface area contributed by atoms with Crippen molar-refractivity contribution < 1.29 is 53.0 Å². The molecular formula is C33H43N9O11. The lowest BCUT2D eigenvalue weighted by molar-refractivity contribution is -0.135. The maximum atomic E-state index is 13.0. The third-order valence-corrected chi connectivity index (χ3v) is 7.19. The molecule has 9 amide bonds. The van der Waals surface area contributed by atoms with E-state index in [1.54, 1.807) is 60.7 Å². The fourth-order valence-electron chi connectivity index (χ4n) is 4.46. The van der Waals surface area contributed by atoms with Crippen LogP contribution in [-0.4, -0.2) is 102 Å². The van der Waals surface area contributed by atoms with Crippen LogP contribution in [0.1, 0.15) is 30.4 Å². The van der Waals surface area contributed by atoms with Crippen LogP contribution in [0.25, 0.3) is 0 Å². The van der Waals surface area contributed by atoms with Crippen molar-refractivity contribution in [2.24, 2.45) is 17.2 Å². The van der Waals surface area contributed by atoms with E-state index in [9.17, 15) is 48.3 Å². The molecule has 2 aromatic rings. The lowest BCUT2D eigenvalue weighted by atomic mass is 10.0.